The summed E-state index contributed by atoms with van der Waals surface area (Å²) in [7, 11) is 0. The Balaban J connectivity index is 1.74. The van der Waals surface area contributed by atoms with Crippen molar-refractivity contribution in [3.05, 3.63) is 65.2 Å². The molecule has 1 saturated carbocycles. The molecule has 0 bridgehead atoms. The molecular weight excluding hydrogens is 292 g/mol. The molecule has 1 heterocycles. The Morgan fingerprint density at radius 2 is 1.64 bits per heavy atom. The van der Waals surface area contributed by atoms with Crippen molar-refractivity contribution in [2.24, 2.45) is 11.0 Å². The second-order valence-corrected chi connectivity index (χ2v) is 6.57. The van der Waals surface area contributed by atoms with Crippen molar-refractivity contribution in [2.75, 3.05) is 5.01 Å². The predicted molar refractivity (Wildman–Crippen MR) is 92.7 cm³/mol. The molecular formula is C19H19ClN2. The van der Waals surface area contributed by atoms with Crippen LogP contribution in [0, 0.1) is 5.92 Å². The minimum Gasteiger partial charge on any atom is -0.262 e. The van der Waals surface area contributed by atoms with Gasteiger partial charge >= 0.3 is 0 Å². The average Bonchev–Trinajstić information content (AvgIpc) is 2.96. The van der Waals surface area contributed by atoms with Crippen LogP contribution in [0.5, 0.6) is 0 Å². The lowest BCUT2D eigenvalue weighted by molar-refractivity contribution is 0.384. The molecule has 112 valence electrons. The summed E-state index contributed by atoms with van der Waals surface area (Å²) in [4.78, 5) is 0. The van der Waals surface area contributed by atoms with Gasteiger partial charge in [0.1, 0.15) is 0 Å². The molecule has 2 atom stereocenters. The van der Waals surface area contributed by atoms with Gasteiger partial charge in [0.25, 0.3) is 0 Å². The summed E-state index contributed by atoms with van der Waals surface area (Å²) < 4.78 is 0. The minimum absolute atomic E-state index is 0.491. The first-order chi connectivity index (χ1) is 10.8. The van der Waals surface area contributed by atoms with Gasteiger partial charge in [-0.2, -0.15) is 5.10 Å². The maximum atomic E-state index is 6.03. The molecule has 1 aliphatic carbocycles. The predicted octanol–water partition coefficient (Wildman–Crippen LogP) is 5.12. The van der Waals surface area contributed by atoms with E-state index in [1.54, 1.807) is 0 Å². The fourth-order valence-electron chi connectivity index (χ4n) is 3.71. The first-order valence-corrected chi connectivity index (χ1v) is 8.39. The number of hydrogen-bond donors (Lipinski definition) is 0. The molecule has 1 aliphatic heterocycles. The Labute approximate surface area is 136 Å². The van der Waals surface area contributed by atoms with Gasteiger partial charge in [0.05, 0.1) is 17.4 Å². The second kappa shape index (κ2) is 5.77. The van der Waals surface area contributed by atoms with E-state index in [4.69, 9.17) is 16.7 Å². The van der Waals surface area contributed by atoms with Gasteiger partial charge in [-0.3, -0.25) is 5.01 Å². The summed E-state index contributed by atoms with van der Waals surface area (Å²) in [6, 6.07) is 19.2. The molecule has 1 fully saturated rings. The summed E-state index contributed by atoms with van der Waals surface area (Å²) in [6.07, 6.45) is 5.06. The van der Waals surface area contributed by atoms with E-state index in [0.29, 0.717) is 12.0 Å². The van der Waals surface area contributed by atoms with Crippen LogP contribution in [-0.2, 0) is 0 Å². The van der Waals surface area contributed by atoms with Gasteiger partial charge < -0.3 is 0 Å². The molecule has 2 aliphatic rings. The zero-order valence-corrected chi connectivity index (χ0v) is 13.2. The van der Waals surface area contributed by atoms with Crippen molar-refractivity contribution in [3.63, 3.8) is 0 Å². The number of hydrogen-bond acceptors (Lipinski definition) is 2. The van der Waals surface area contributed by atoms with E-state index in [9.17, 15) is 0 Å². The molecule has 2 aromatic rings. The maximum Gasteiger partial charge on any atom is 0.0734 e. The molecule has 4 rings (SSSR count). The monoisotopic (exact) mass is 310 g/mol. The lowest BCUT2D eigenvalue weighted by atomic mass is 9.80. The highest BCUT2D eigenvalue weighted by atomic mass is 35.5. The van der Waals surface area contributed by atoms with Crippen molar-refractivity contribution in [1.82, 2.24) is 0 Å². The molecule has 0 unspecified atom stereocenters. The molecule has 2 nitrogen and oxygen atoms in total. The summed E-state index contributed by atoms with van der Waals surface area (Å²) in [5.41, 5.74) is 3.66. The van der Waals surface area contributed by atoms with E-state index in [1.165, 1.54) is 37.0 Å². The molecule has 0 amide bonds. The van der Waals surface area contributed by atoms with Crippen LogP contribution in [0.3, 0.4) is 0 Å². The van der Waals surface area contributed by atoms with Gasteiger partial charge in [0.2, 0.25) is 0 Å². The maximum absolute atomic E-state index is 6.03. The Hall–Kier alpha value is -1.80. The lowest BCUT2D eigenvalue weighted by Gasteiger charge is -2.31. The largest absolute Gasteiger partial charge is 0.262 e. The molecule has 2 aromatic carbocycles. The summed E-state index contributed by atoms with van der Waals surface area (Å²) in [6.45, 7) is 0. The smallest absolute Gasteiger partial charge is 0.0734 e. The van der Waals surface area contributed by atoms with Crippen molar-refractivity contribution in [1.29, 1.82) is 0 Å². The van der Waals surface area contributed by atoms with E-state index >= 15 is 0 Å². The molecule has 3 heteroatoms. The minimum atomic E-state index is 0.491. The fourth-order valence-corrected chi connectivity index (χ4v) is 3.84. The van der Waals surface area contributed by atoms with Crippen LogP contribution in [0.4, 0.5) is 5.69 Å². The Bertz CT molecular complexity index is 678. The lowest BCUT2D eigenvalue weighted by Crippen LogP contribution is -2.36. The number of anilines is 1. The molecule has 0 N–H and O–H groups in total. The van der Waals surface area contributed by atoms with E-state index in [1.807, 2.05) is 12.1 Å². The van der Waals surface area contributed by atoms with E-state index in [0.717, 1.165) is 10.7 Å². The van der Waals surface area contributed by atoms with E-state index in [-0.39, 0.29) is 0 Å². The zero-order chi connectivity index (χ0) is 14.9. The number of hydrazone groups is 1. The van der Waals surface area contributed by atoms with Crippen molar-refractivity contribution in [2.45, 2.75) is 31.7 Å². The van der Waals surface area contributed by atoms with Crippen molar-refractivity contribution < 1.29 is 0 Å². The van der Waals surface area contributed by atoms with Crippen LogP contribution >= 0.6 is 11.6 Å². The average molecular weight is 311 g/mol. The van der Waals surface area contributed by atoms with Crippen LogP contribution in [0.15, 0.2) is 59.7 Å². The van der Waals surface area contributed by atoms with E-state index < -0.39 is 0 Å². The first-order valence-electron chi connectivity index (χ1n) is 8.01. The third kappa shape index (κ3) is 2.42. The van der Waals surface area contributed by atoms with Crippen LogP contribution in [0.1, 0.15) is 31.2 Å². The summed E-state index contributed by atoms with van der Waals surface area (Å²) in [5.74, 6) is 0.548. The molecule has 0 spiro atoms. The van der Waals surface area contributed by atoms with Gasteiger partial charge in [-0.05, 0) is 42.7 Å². The molecule has 22 heavy (non-hydrogen) atoms. The van der Waals surface area contributed by atoms with Gasteiger partial charge in [0.15, 0.2) is 0 Å². The van der Waals surface area contributed by atoms with Crippen molar-refractivity contribution in [3.8, 4) is 0 Å². The van der Waals surface area contributed by atoms with Crippen LogP contribution in [0.25, 0.3) is 0 Å². The zero-order valence-electron chi connectivity index (χ0n) is 12.5. The number of nitrogens with zero attached hydrogens (tertiary/aromatic N) is 2. The number of halogens is 1. The second-order valence-electron chi connectivity index (χ2n) is 6.13. The Kier molecular flexibility index (Phi) is 3.63. The van der Waals surface area contributed by atoms with Gasteiger partial charge in [-0.1, -0.05) is 54.8 Å². The number of benzene rings is 2. The highest BCUT2D eigenvalue weighted by molar-refractivity contribution is 6.30. The highest BCUT2D eigenvalue weighted by Crippen LogP contribution is 2.39. The summed E-state index contributed by atoms with van der Waals surface area (Å²) in [5, 5.41) is 8.01. The third-order valence-corrected chi connectivity index (χ3v) is 5.02. The van der Waals surface area contributed by atoms with Gasteiger partial charge in [-0.15, -0.1) is 0 Å². The number of fused-ring (bicyclic) bond motifs is 1. The third-order valence-electron chi connectivity index (χ3n) is 4.77. The van der Waals surface area contributed by atoms with Gasteiger partial charge in [-0.25, -0.2) is 0 Å². The Morgan fingerprint density at radius 1 is 0.909 bits per heavy atom. The Morgan fingerprint density at radius 3 is 2.41 bits per heavy atom. The molecule has 0 saturated heterocycles. The van der Waals surface area contributed by atoms with E-state index in [2.05, 4.69) is 47.5 Å². The standard InChI is InChI=1S/C19H19ClN2/c20-15-10-12-16(13-11-15)22-18-9-5-4-8-17(18)19(21-22)14-6-2-1-3-7-14/h1-3,6-7,10-13,17-18H,4-5,8-9H2/t17-,18-/m1/s1. The van der Waals surface area contributed by atoms with Crippen molar-refractivity contribution >= 4 is 23.0 Å². The molecule has 0 aromatic heterocycles. The first kappa shape index (κ1) is 13.8. The SMILES string of the molecule is Clc1ccc(N2N=C(c3ccccc3)[C@@H]3CCCC[C@H]32)cc1. The topological polar surface area (TPSA) is 15.6 Å². The van der Waals surface area contributed by atoms with Crippen LogP contribution in [-0.4, -0.2) is 11.8 Å². The normalized spacial score (nSPS) is 24.0. The van der Waals surface area contributed by atoms with Gasteiger partial charge in [0, 0.05) is 10.9 Å². The number of rotatable bonds is 2. The van der Waals surface area contributed by atoms with Crippen LogP contribution < -0.4 is 5.01 Å². The molecule has 0 radical (unpaired) electrons. The highest BCUT2D eigenvalue weighted by Gasteiger charge is 2.39. The quantitative estimate of drug-likeness (QED) is 0.751. The fraction of sp³-hybridized carbons (Fsp3) is 0.316. The van der Waals surface area contributed by atoms with Crippen LogP contribution in [0.2, 0.25) is 5.02 Å². The summed E-state index contributed by atoms with van der Waals surface area (Å²) >= 11 is 6.03.